The second-order valence-electron chi connectivity index (χ2n) is 3.77. The Labute approximate surface area is 105 Å². The molecule has 88 valence electrons. The van der Waals surface area contributed by atoms with Crippen LogP contribution in [-0.4, -0.2) is 24.4 Å². The van der Waals surface area contributed by atoms with Crippen molar-refractivity contribution in [1.82, 2.24) is 4.90 Å². The number of benzene rings is 1. The van der Waals surface area contributed by atoms with Gasteiger partial charge in [-0.2, -0.15) is 0 Å². The number of carbonyl (C=O) groups excluding carboxylic acids is 1. The van der Waals surface area contributed by atoms with Crippen LogP contribution in [0.25, 0.3) is 0 Å². The van der Waals surface area contributed by atoms with Gasteiger partial charge in [0.2, 0.25) is 5.91 Å². The predicted octanol–water partition coefficient (Wildman–Crippen LogP) is 2.15. The van der Waals surface area contributed by atoms with Gasteiger partial charge in [-0.1, -0.05) is 28.1 Å². The number of nitrogens with zero attached hydrogens (tertiary/aromatic N) is 1. The molecule has 0 heterocycles. The lowest BCUT2D eigenvalue weighted by Crippen LogP contribution is -2.26. The third kappa shape index (κ3) is 4.33. The molecule has 1 aromatic rings. The summed E-state index contributed by atoms with van der Waals surface area (Å²) in [6.45, 7) is 1.22. The largest absolute Gasteiger partial charge is 0.341 e. The van der Waals surface area contributed by atoms with E-state index in [-0.39, 0.29) is 5.91 Å². The molecule has 0 unspecified atom stereocenters. The first-order valence-corrected chi connectivity index (χ1v) is 6.11. The van der Waals surface area contributed by atoms with Crippen molar-refractivity contribution in [3.8, 4) is 0 Å². The molecule has 0 radical (unpaired) electrons. The van der Waals surface area contributed by atoms with E-state index in [1.807, 2.05) is 31.3 Å². The molecule has 0 aliphatic rings. The second kappa shape index (κ2) is 6.66. The third-order valence-corrected chi connectivity index (χ3v) is 2.88. The van der Waals surface area contributed by atoms with Crippen molar-refractivity contribution in [2.45, 2.75) is 19.4 Å². The number of halogens is 1. The van der Waals surface area contributed by atoms with E-state index in [0.29, 0.717) is 19.5 Å². The molecule has 0 bridgehead atoms. The molecular formula is C12H17BrN2O. The van der Waals surface area contributed by atoms with E-state index in [0.717, 1.165) is 16.5 Å². The summed E-state index contributed by atoms with van der Waals surface area (Å²) in [7, 11) is 1.82. The standard InChI is InChI=1S/C12H17BrN2O/c1-15(12(16)3-2-8-14)9-10-4-6-11(13)7-5-10/h4-7H,2-3,8-9,14H2,1H3. The van der Waals surface area contributed by atoms with Crippen LogP contribution in [-0.2, 0) is 11.3 Å². The number of rotatable bonds is 5. The monoisotopic (exact) mass is 284 g/mol. The highest BCUT2D eigenvalue weighted by atomic mass is 79.9. The van der Waals surface area contributed by atoms with Gasteiger partial charge < -0.3 is 10.6 Å². The molecule has 0 aromatic heterocycles. The predicted molar refractivity (Wildman–Crippen MR) is 68.9 cm³/mol. The van der Waals surface area contributed by atoms with Crippen molar-refractivity contribution in [2.24, 2.45) is 5.73 Å². The summed E-state index contributed by atoms with van der Waals surface area (Å²) >= 11 is 3.38. The molecule has 1 aromatic carbocycles. The van der Waals surface area contributed by atoms with Crippen molar-refractivity contribution in [3.05, 3.63) is 34.3 Å². The first-order valence-electron chi connectivity index (χ1n) is 5.32. The van der Waals surface area contributed by atoms with Gasteiger partial charge in [0.25, 0.3) is 0 Å². The molecule has 3 nitrogen and oxygen atoms in total. The minimum atomic E-state index is 0.147. The Hall–Kier alpha value is -0.870. The Bertz CT molecular complexity index is 337. The average molecular weight is 285 g/mol. The lowest BCUT2D eigenvalue weighted by Gasteiger charge is -2.17. The van der Waals surface area contributed by atoms with Gasteiger partial charge in [0.15, 0.2) is 0 Å². The summed E-state index contributed by atoms with van der Waals surface area (Å²) in [4.78, 5) is 13.4. The van der Waals surface area contributed by atoms with Crippen LogP contribution in [0.5, 0.6) is 0 Å². The van der Waals surface area contributed by atoms with Crippen LogP contribution in [0, 0.1) is 0 Å². The van der Waals surface area contributed by atoms with Crippen LogP contribution >= 0.6 is 15.9 Å². The van der Waals surface area contributed by atoms with Gasteiger partial charge in [0.1, 0.15) is 0 Å². The van der Waals surface area contributed by atoms with Gasteiger partial charge >= 0.3 is 0 Å². The lowest BCUT2D eigenvalue weighted by atomic mass is 10.2. The third-order valence-electron chi connectivity index (χ3n) is 2.35. The number of nitrogens with two attached hydrogens (primary N) is 1. The summed E-state index contributed by atoms with van der Waals surface area (Å²) in [5, 5.41) is 0. The molecule has 0 atom stereocenters. The summed E-state index contributed by atoms with van der Waals surface area (Å²) in [6.07, 6.45) is 1.28. The molecule has 1 amide bonds. The topological polar surface area (TPSA) is 46.3 Å². The van der Waals surface area contributed by atoms with Gasteiger partial charge in [-0.05, 0) is 30.7 Å². The summed E-state index contributed by atoms with van der Waals surface area (Å²) < 4.78 is 1.05. The van der Waals surface area contributed by atoms with Crippen LogP contribution in [0.4, 0.5) is 0 Å². The zero-order valence-electron chi connectivity index (χ0n) is 9.45. The maximum atomic E-state index is 11.6. The normalized spacial score (nSPS) is 10.2. The molecule has 0 aliphatic carbocycles. The molecule has 4 heteroatoms. The molecule has 0 saturated carbocycles. The van der Waals surface area contributed by atoms with E-state index < -0.39 is 0 Å². The maximum Gasteiger partial charge on any atom is 0.222 e. The zero-order chi connectivity index (χ0) is 12.0. The summed E-state index contributed by atoms with van der Waals surface area (Å²) in [5.41, 5.74) is 6.50. The fraction of sp³-hybridized carbons (Fsp3) is 0.417. The second-order valence-corrected chi connectivity index (χ2v) is 4.68. The Balaban J connectivity index is 2.47. The van der Waals surface area contributed by atoms with Crippen LogP contribution in [0.15, 0.2) is 28.7 Å². The van der Waals surface area contributed by atoms with E-state index in [2.05, 4.69) is 15.9 Å². The molecule has 2 N–H and O–H groups in total. The van der Waals surface area contributed by atoms with Gasteiger partial charge in [-0.3, -0.25) is 4.79 Å². The zero-order valence-corrected chi connectivity index (χ0v) is 11.0. The first kappa shape index (κ1) is 13.2. The van der Waals surface area contributed by atoms with Crippen LogP contribution in [0.3, 0.4) is 0 Å². The average Bonchev–Trinajstić information content (AvgIpc) is 2.29. The van der Waals surface area contributed by atoms with Crippen LogP contribution in [0.2, 0.25) is 0 Å². The van der Waals surface area contributed by atoms with Gasteiger partial charge in [0.05, 0.1) is 0 Å². The molecular weight excluding hydrogens is 268 g/mol. The minimum Gasteiger partial charge on any atom is -0.341 e. The molecule has 0 saturated heterocycles. The minimum absolute atomic E-state index is 0.147. The van der Waals surface area contributed by atoms with Crippen LogP contribution < -0.4 is 5.73 Å². The summed E-state index contributed by atoms with van der Waals surface area (Å²) in [6, 6.07) is 7.98. The fourth-order valence-corrected chi connectivity index (χ4v) is 1.66. The van der Waals surface area contributed by atoms with Crippen molar-refractivity contribution in [1.29, 1.82) is 0 Å². The number of amides is 1. The lowest BCUT2D eigenvalue weighted by molar-refractivity contribution is -0.130. The van der Waals surface area contributed by atoms with Gasteiger partial charge in [-0.25, -0.2) is 0 Å². The highest BCUT2D eigenvalue weighted by Gasteiger charge is 2.08. The van der Waals surface area contributed by atoms with Crippen molar-refractivity contribution < 1.29 is 4.79 Å². The van der Waals surface area contributed by atoms with E-state index in [1.54, 1.807) is 4.90 Å². The van der Waals surface area contributed by atoms with Gasteiger partial charge in [-0.15, -0.1) is 0 Å². The molecule has 1 rings (SSSR count). The van der Waals surface area contributed by atoms with Gasteiger partial charge in [0, 0.05) is 24.5 Å². The van der Waals surface area contributed by atoms with Crippen LogP contribution in [0.1, 0.15) is 18.4 Å². The van der Waals surface area contributed by atoms with E-state index >= 15 is 0 Å². The summed E-state index contributed by atoms with van der Waals surface area (Å²) in [5.74, 6) is 0.147. The number of hydrogen-bond donors (Lipinski definition) is 1. The number of hydrogen-bond acceptors (Lipinski definition) is 2. The Morgan fingerprint density at radius 1 is 1.38 bits per heavy atom. The number of carbonyl (C=O) groups is 1. The smallest absolute Gasteiger partial charge is 0.222 e. The van der Waals surface area contributed by atoms with Crippen molar-refractivity contribution in [2.75, 3.05) is 13.6 Å². The molecule has 16 heavy (non-hydrogen) atoms. The first-order chi connectivity index (χ1) is 7.63. The highest BCUT2D eigenvalue weighted by molar-refractivity contribution is 9.10. The van der Waals surface area contributed by atoms with E-state index in [9.17, 15) is 4.79 Å². The maximum absolute atomic E-state index is 11.6. The van der Waals surface area contributed by atoms with Crippen molar-refractivity contribution in [3.63, 3.8) is 0 Å². The molecule has 0 aliphatic heterocycles. The van der Waals surface area contributed by atoms with Crippen molar-refractivity contribution >= 4 is 21.8 Å². The quantitative estimate of drug-likeness (QED) is 0.901. The highest BCUT2D eigenvalue weighted by Crippen LogP contribution is 2.12. The van der Waals surface area contributed by atoms with E-state index in [4.69, 9.17) is 5.73 Å². The molecule has 0 fully saturated rings. The SMILES string of the molecule is CN(Cc1ccc(Br)cc1)C(=O)CCCN. The molecule has 0 spiro atoms. The van der Waals surface area contributed by atoms with E-state index in [1.165, 1.54) is 0 Å². The fourth-order valence-electron chi connectivity index (χ4n) is 1.40. The Morgan fingerprint density at radius 3 is 2.56 bits per heavy atom. The Kier molecular flexibility index (Phi) is 5.49. The Morgan fingerprint density at radius 2 is 2.00 bits per heavy atom.